The monoisotopic (exact) mass is 386 g/mol. The van der Waals surface area contributed by atoms with Crippen LogP contribution in [0.5, 0.6) is 0 Å². The fraction of sp³-hybridized carbons (Fsp3) is 0.533. The molecule has 1 aliphatic rings. The Morgan fingerprint density at radius 1 is 1.12 bits per heavy atom. The van der Waals surface area contributed by atoms with Gasteiger partial charge in [-0.2, -0.15) is 8.99 Å². The number of hydrogen-bond donors (Lipinski definition) is 0. The molecule has 1 aliphatic heterocycles. The molecule has 0 bridgehead atoms. The molecule has 1 aromatic heterocycles. The highest BCUT2D eigenvalue weighted by atomic mass is 32.2. The van der Waals surface area contributed by atoms with Gasteiger partial charge in [0.1, 0.15) is 0 Å². The molecule has 1 fully saturated rings. The molecule has 2 aromatic rings. The number of hydrogen-bond acceptors (Lipinski definition) is 6. The highest BCUT2D eigenvalue weighted by molar-refractivity contribution is 7.89. The Bertz CT molecular complexity index is 865. The Labute approximate surface area is 150 Å². The van der Waals surface area contributed by atoms with Crippen LogP contribution in [0.25, 0.3) is 5.69 Å². The molecule has 0 amide bonds. The summed E-state index contributed by atoms with van der Waals surface area (Å²) in [4.78, 5) is 2.03. The van der Waals surface area contributed by atoms with Crippen molar-refractivity contribution in [2.75, 3.05) is 31.9 Å². The maximum atomic E-state index is 13.4. The van der Waals surface area contributed by atoms with Crippen LogP contribution in [-0.2, 0) is 16.6 Å². The largest absolute Gasteiger partial charge is 0.293 e. The van der Waals surface area contributed by atoms with Crippen molar-refractivity contribution >= 4 is 10.0 Å². The first kappa shape index (κ1) is 18.8. The molecule has 3 rings (SSSR count). The lowest BCUT2D eigenvalue weighted by molar-refractivity contribution is 0.177. The topological polar surface area (TPSA) is 84.2 Å². The van der Waals surface area contributed by atoms with E-state index in [4.69, 9.17) is 0 Å². The third kappa shape index (κ3) is 4.05. The summed E-state index contributed by atoms with van der Waals surface area (Å²) in [7, 11) is -3.19. The van der Waals surface area contributed by atoms with Crippen molar-refractivity contribution in [1.82, 2.24) is 29.4 Å². The highest BCUT2D eigenvalue weighted by Crippen LogP contribution is 2.15. The van der Waals surface area contributed by atoms with Gasteiger partial charge in [-0.05, 0) is 29.0 Å². The second-order valence-corrected chi connectivity index (χ2v) is 8.19. The third-order valence-corrected chi connectivity index (χ3v) is 6.31. The number of nitrogens with zero attached hydrogens (tertiary/aromatic N) is 6. The zero-order chi connectivity index (χ0) is 18.7. The molecule has 2 heterocycles. The number of halogens is 2. The zero-order valence-corrected chi connectivity index (χ0v) is 15.2. The fourth-order valence-electron chi connectivity index (χ4n) is 2.87. The summed E-state index contributed by atoms with van der Waals surface area (Å²) in [5.41, 5.74) is 0.327. The molecule has 0 N–H and O–H groups in total. The van der Waals surface area contributed by atoms with Gasteiger partial charge >= 0.3 is 0 Å². The van der Waals surface area contributed by atoms with Crippen LogP contribution in [0.1, 0.15) is 19.2 Å². The van der Waals surface area contributed by atoms with E-state index in [9.17, 15) is 17.2 Å². The van der Waals surface area contributed by atoms with E-state index in [0.717, 1.165) is 12.1 Å². The predicted octanol–water partition coefficient (Wildman–Crippen LogP) is 0.798. The quantitative estimate of drug-likeness (QED) is 0.730. The fourth-order valence-corrected chi connectivity index (χ4v) is 4.37. The third-order valence-electron chi connectivity index (χ3n) is 4.23. The van der Waals surface area contributed by atoms with Gasteiger partial charge in [-0.25, -0.2) is 17.2 Å². The second kappa shape index (κ2) is 7.72. The first-order chi connectivity index (χ1) is 12.4. The summed E-state index contributed by atoms with van der Waals surface area (Å²) in [5, 5.41) is 11.4. The van der Waals surface area contributed by atoms with Gasteiger partial charge < -0.3 is 0 Å². The summed E-state index contributed by atoms with van der Waals surface area (Å²) in [6.07, 6.45) is 0.589. The van der Waals surface area contributed by atoms with Crippen LogP contribution < -0.4 is 0 Å². The summed E-state index contributed by atoms with van der Waals surface area (Å²) < 4.78 is 53.6. The van der Waals surface area contributed by atoms with Crippen LogP contribution in [0.2, 0.25) is 0 Å². The van der Waals surface area contributed by atoms with Gasteiger partial charge in [-0.3, -0.25) is 4.90 Å². The van der Waals surface area contributed by atoms with Crippen LogP contribution >= 0.6 is 0 Å². The van der Waals surface area contributed by atoms with Crippen molar-refractivity contribution in [3.8, 4) is 5.69 Å². The standard InChI is InChI=1S/C15H20F2N6O2S/c1-2-9-26(24,25)22-7-5-21(6-8-22)11-15-18-19-20-23(15)12-3-4-13(16)14(17)10-12/h3-4,10H,2,5-9,11H2,1H3. The number of rotatable bonds is 6. The number of tetrazole rings is 1. The molecule has 0 saturated carbocycles. The van der Waals surface area contributed by atoms with Crippen molar-refractivity contribution in [2.24, 2.45) is 0 Å². The van der Waals surface area contributed by atoms with Crippen molar-refractivity contribution in [3.63, 3.8) is 0 Å². The minimum Gasteiger partial charge on any atom is -0.293 e. The van der Waals surface area contributed by atoms with Crippen molar-refractivity contribution < 1.29 is 17.2 Å². The van der Waals surface area contributed by atoms with Gasteiger partial charge in [0.2, 0.25) is 10.0 Å². The van der Waals surface area contributed by atoms with E-state index in [2.05, 4.69) is 15.5 Å². The number of piperazine rings is 1. The molecule has 0 unspecified atom stereocenters. The maximum Gasteiger partial charge on any atom is 0.214 e. The smallest absolute Gasteiger partial charge is 0.214 e. The molecular formula is C15H20F2N6O2S. The number of sulfonamides is 1. The molecule has 0 spiro atoms. The Hall–Kier alpha value is -1.98. The van der Waals surface area contributed by atoms with Crippen LogP contribution in [0.3, 0.4) is 0 Å². The molecule has 26 heavy (non-hydrogen) atoms. The molecular weight excluding hydrogens is 366 g/mol. The lowest BCUT2D eigenvalue weighted by Gasteiger charge is -2.33. The van der Waals surface area contributed by atoms with E-state index in [1.807, 2.05) is 11.8 Å². The SMILES string of the molecule is CCCS(=O)(=O)N1CCN(Cc2nnnn2-c2ccc(F)c(F)c2)CC1. The Morgan fingerprint density at radius 2 is 1.85 bits per heavy atom. The normalized spacial score (nSPS) is 16.9. The first-order valence-electron chi connectivity index (χ1n) is 8.33. The maximum absolute atomic E-state index is 13.4. The highest BCUT2D eigenvalue weighted by Gasteiger charge is 2.27. The lowest BCUT2D eigenvalue weighted by Crippen LogP contribution is -2.49. The van der Waals surface area contributed by atoms with Crippen LogP contribution in [0.4, 0.5) is 8.78 Å². The van der Waals surface area contributed by atoms with Crippen LogP contribution in [0, 0.1) is 11.6 Å². The molecule has 0 radical (unpaired) electrons. The van der Waals surface area contributed by atoms with E-state index in [0.29, 0.717) is 50.7 Å². The molecule has 11 heteroatoms. The van der Waals surface area contributed by atoms with E-state index < -0.39 is 21.7 Å². The van der Waals surface area contributed by atoms with Crippen molar-refractivity contribution in [2.45, 2.75) is 19.9 Å². The van der Waals surface area contributed by atoms with E-state index >= 15 is 0 Å². The molecule has 8 nitrogen and oxygen atoms in total. The van der Waals surface area contributed by atoms with Crippen molar-refractivity contribution in [1.29, 1.82) is 0 Å². The Balaban J connectivity index is 1.67. The van der Waals surface area contributed by atoms with Gasteiger partial charge in [0.05, 0.1) is 18.0 Å². The van der Waals surface area contributed by atoms with E-state index in [1.54, 1.807) is 0 Å². The molecule has 1 saturated heterocycles. The minimum atomic E-state index is -3.19. The summed E-state index contributed by atoms with van der Waals surface area (Å²) >= 11 is 0. The lowest BCUT2D eigenvalue weighted by atomic mass is 10.3. The zero-order valence-electron chi connectivity index (χ0n) is 14.3. The molecule has 142 valence electrons. The molecule has 0 aliphatic carbocycles. The van der Waals surface area contributed by atoms with Crippen LogP contribution in [-0.4, -0.2) is 69.8 Å². The molecule has 0 atom stereocenters. The average molecular weight is 386 g/mol. The average Bonchev–Trinajstić information content (AvgIpc) is 3.06. The molecule has 1 aromatic carbocycles. The number of benzene rings is 1. The Kier molecular flexibility index (Phi) is 5.58. The van der Waals surface area contributed by atoms with Gasteiger partial charge in [-0.15, -0.1) is 5.10 Å². The van der Waals surface area contributed by atoms with Crippen molar-refractivity contribution in [3.05, 3.63) is 35.7 Å². The summed E-state index contributed by atoms with van der Waals surface area (Å²) in [6.45, 7) is 4.14. The summed E-state index contributed by atoms with van der Waals surface area (Å²) in [6, 6.07) is 3.45. The van der Waals surface area contributed by atoms with Gasteiger partial charge in [0.15, 0.2) is 17.5 Å². The predicted molar refractivity (Wildman–Crippen MR) is 90.0 cm³/mol. The van der Waals surface area contributed by atoms with E-state index in [1.165, 1.54) is 15.1 Å². The van der Waals surface area contributed by atoms with Gasteiger partial charge in [0, 0.05) is 32.2 Å². The minimum absolute atomic E-state index is 0.154. The Morgan fingerprint density at radius 3 is 2.50 bits per heavy atom. The number of aromatic nitrogens is 4. The summed E-state index contributed by atoms with van der Waals surface area (Å²) in [5.74, 6) is -1.28. The van der Waals surface area contributed by atoms with E-state index in [-0.39, 0.29) is 5.75 Å². The van der Waals surface area contributed by atoms with Gasteiger partial charge in [0.25, 0.3) is 0 Å². The van der Waals surface area contributed by atoms with Gasteiger partial charge in [-0.1, -0.05) is 6.92 Å². The van der Waals surface area contributed by atoms with Crippen LogP contribution in [0.15, 0.2) is 18.2 Å². The second-order valence-electron chi connectivity index (χ2n) is 6.10. The first-order valence-corrected chi connectivity index (χ1v) is 9.94.